The maximum Gasteiger partial charge on any atom is -0.147 e. The van der Waals surface area contributed by atoms with Gasteiger partial charge >= 0.3 is 251 Å². The fraction of sp³-hybridized carbons (Fsp3) is 0.514. The van der Waals surface area contributed by atoms with Crippen molar-refractivity contribution in [1.29, 1.82) is 0 Å². The number of rotatable bonds is 5. The molecule has 0 saturated heterocycles. The Kier molecular flexibility index (Phi) is 12.7. The van der Waals surface area contributed by atoms with E-state index in [0.717, 1.165) is 11.5 Å². The van der Waals surface area contributed by atoms with Crippen molar-refractivity contribution in [2.45, 2.75) is 119 Å². The normalized spacial score (nSPS) is 12.2. The van der Waals surface area contributed by atoms with Crippen molar-refractivity contribution >= 4 is 40.5 Å². The number of halogens is 2. The van der Waals surface area contributed by atoms with E-state index in [4.69, 9.17) is 6.64 Å². The minimum Gasteiger partial charge on any atom is -0.147 e. The fourth-order valence-electron chi connectivity index (χ4n) is 5.11. The predicted octanol–water partition coefficient (Wildman–Crippen LogP) is 11.2. The van der Waals surface area contributed by atoms with Gasteiger partial charge in [0.05, 0.1) is 0 Å². The predicted molar refractivity (Wildman–Crippen MR) is 182 cm³/mol. The first kappa shape index (κ1) is 37.9. The van der Waals surface area contributed by atoms with E-state index < -0.39 is 18.2 Å². The zero-order valence-electron chi connectivity index (χ0n) is 27.7. The maximum atomic E-state index is 7.00. The molecule has 0 fully saturated rings. The SMILES string of the molecule is Cc1cc([O][Ti](=[CH]c2cccs2)[O]c2cc(C)c(C(C)(C)C)cc2C(C)(C)C)c(C(C)(C)C)cc1C(C)(C)C.Cl.Cl. The van der Waals surface area contributed by atoms with Gasteiger partial charge in [0, 0.05) is 0 Å². The molecule has 0 atom stereocenters. The summed E-state index contributed by atoms with van der Waals surface area (Å²) >= 11 is -0.969. The van der Waals surface area contributed by atoms with Gasteiger partial charge in [0.25, 0.3) is 0 Å². The molecular weight excluding hydrogens is 603 g/mol. The fourth-order valence-corrected chi connectivity index (χ4v) is 8.33. The second-order valence-electron chi connectivity index (χ2n) is 15.0. The zero-order valence-corrected chi connectivity index (χ0v) is 31.7. The average Bonchev–Trinajstić information content (AvgIpc) is 3.23. The van der Waals surface area contributed by atoms with Crippen molar-refractivity contribution in [3.05, 3.63) is 80.0 Å². The molecule has 6 heteroatoms. The van der Waals surface area contributed by atoms with Gasteiger partial charge in [-0.3, -0.25) is 0 Å². The van der Waals surface area contributed by atoms with Crippen LogP contribution in [-0.2, 0) is 39.8 Å². The minimum absolute atomic E-state index is 0. The third-order valence-electron chi connectivity index (χ3n) is 7.11. The van der Waals surface area contributed by atoms with Crippen LogP contribution in [0.5, 0.6) is 11.5 Å². The van der Waals surface area contributed by atoms with Crippen molar-refractivity contribution in [3.63, 3.8) is 0 Å². The van der Waals surface area contributed by atoms with Gasteiger partial charge in [-0.05, 0) is 0 Å². The first-order valence-electron chi connectivity index (χ1n) is 14.1. The van der Waals surface area contributed by atoms with E-state index in [1.54, 1.807) is 11.3 Å². The van der Waals surface area contributed by atoms with E-state index in [9.17, 15) is 0 Å². The molecule has 0 aliphatic carbocycles. The van der Waals surface area contributed by atoms with Gasteiger partial charge in [-0.15, -0.1) is 24.8 Å². The van der Waals surface area contributed by atoms with Gasteiger partial charge in [-0.1, -0.05) is 0 Å². The van der Waals surface area contributed by atoms with Crippen LogP contribution in [0.15, 0.2) is 41.8 Å². The first-order valence-corrected chi connectivity index (χ1v) is 17.2. The molecule has 0 aliphatic heterocycles. The molecular formula is C35H52Cl2O2STi. The van der Waals surface area contributed by atoms with Crippen molar-refractivity contribution in [1.82, 2.24) is 0 Å². The number of aryl methyl sites for hydroxylation is 2. The van der Waals surface area contributed by atoms with Crippen molar-refractivity contribution < 1.29 is 24.8 Å². The molecule has 0 saturated carbocycles. The quantitative estimate of drug-likeness (QED) is 0.255. The number of benzene rings is 2. The molecule has 1 aromatic heterocycles. The average molecular weight is 656 g/mol. The smallest absolute Gasteiger partial charge is 0.147 e. The summed E-state index contributed by atoms with van der Waals surface area (Å²) in [6.45, 7) is 31.7. The molecule has 0 amide bonds. The van der Waals surface area contributed by atoms with Gasteiger partial charge in [0.2, 0.25) is 0 Å². The maximum absolute atomic E-state index is 7.00. The second kappa shape index (κ2) is 13.7. The minimum atomic E-state index is -2.71. The molecule has 1 heterocycles. The molecule has 0 aliphatic rings. The van der Waals surface area contributed by atoms with Crippen molar-refractivity contribution in [2.75, 3.05) is 0 Å². The summed E-state index contributed by atoms with van der Waals surface area (Å²) < 4.78 is 16.3. The Labute approximate surface area is 273 Å². The van der Waals surface area contributed by atoms with Crippen LogP contribution in [0.2, 0.25) is 0 Å². The first-order chi connectivity index (χ1) is 17.7. The molecule has 0 N–H and O–H groups in total. The molecule has 0 bridgehead atoms. The third kappa shape index (κ3) is 9.70. The Balaban J connectivity index is 0.00000420. The van der Waals surface area contributed by atoms with E-state index in [-0.39, 0.29) is 46.5 Å². The van der Waals surface area contributed by atoms with Crippen LogP contribution in [0.3, 0.4) is 0 Å². The Morgan fingerprint density at radius 1 is 0.585 bits per heavy atom. The van der Waals surface area contributed by atoms with Crippen LogP contribution >= 0.6 is 36.2 Å². The Bertz CT molecular complexity index is 1260. The van der Waals surface area contributed by atoms with Gasteiger partial charge < -0.3 is 0 Å². The van der Waals surface area contributed by atoms with E-state index in [1.165, 1.54) is 38.3 Å². The van der Waals surface area contributed by atoms with Crippen LogP contribution in [0, 0.1) is 13.8 Å². The number of hydrogen-bond acceptors (Lipinski definition) is 3. The molecule has 3 rings (SSSR count). The summed E-state index contributed by atoms with van der Waals surface area (Å²) in [5, 5.41) is 2.12. The van der Waals surface area contributed by atoms with Gasteiger partial charge in [0.15, 0.2) is 0 Å². The largest absolute Gasteiger partial charge is 0.147 e. The Morgan fingerprint density at radius 3 is 1.24 bits per heavy atom. The molecule has 0 unspecified atom stereocenters. The van der Waals surface area contributed by atoms with Gasteiger partial charge in [-0.2, -0.15) is 0 Å². The van der Waals surface area contributed by atoms with Crippen molar-refractivity contribution in [2.24, 2.45) is 0 Å². The molecule has 0 spiro atoms. The monoisotopic (exact) mass is 654 g/mol. The van der Waals surface area contributed by atoms with E-state index in [2.05, 4.69) is 143 Å². The van der Waals surface area contributed by atoms with Crippen LogP contribution in [0.25, 0.3) is 0 Å². The molecule has 41 heavy (non-hydrogen) atoms. The summed E-state index contributed by atoms with van der Waals surface area (Å²) in [4.78, 5) is 1.20. The Hall–Kier alpha value is -1.10. The standard InChI is InChI=1S/2C15H24O.C5H4S.2ClH.Ti/c2*1-10-8-13(16)12(15(5,6)7)9-11(10)14(2,3)4;1-5-3-2-4-6-5;;;/h2*8-9,16H,1-7H3;1-4H;2*1H;/q;;;;;+2/p-2. The number of hydrogen-bond donors (Lipinski definition) is 0. The molecule has 0 radical (unpaired) electrons. The topological polar surface area (TPSA) is 18.5 Å². The van der Waals surface area contributed by atoms with Crippen LogP contribution in [0.1, 0.15) is 121 Å². The molecule has 3 aromatic rings. The summed E-state index contributed by atoms with van der Waals surface area (Å²) in [6, 6.07) is 13.5. The summed E-state index contributed by atoms with van der Waals surface area (Å²) in [6.07, 6.45) is 0. The number of thiophene rings is 1. The Morgan fingerprint density at radius 2 is 0.951 bits per heavy atom. The van der Waals surface area contributed by atoms with E-state index >= 15 is 0 Å². The van der Waals surface area contributed by atoms with Crippen molar-refractivity contribution in [3.8, 4) is 11.5 Å². The summed E-state index contributed by atoms with van der Waals surface area (Å²) in [5.74, 6) is 1.91. The van der Waals surface area contributed by atoms with Crippen LogP contribution in [-0.4, -0.2) is 4.31 Å². The summed E-state index contributed by atoms with van der Waals surface area (Å²) in [7, 11) is 0. The zero-order chi connectivity index (χ0) is 29.6. The van der Waals surface area contributed by atoms with Crippen LogP contribution < -0.4 is 6.64 Å². The molecule has 2 aromatic carbocycles. The van der Waals surface area contributed by atoms with E-state index in [0.29, 0.717) is 0 Å². The van der Waals surface area contributed by atoms with Gasteiger partial charge in [-0.25, -0.2) is 0 Å². The van der Waals surface area contributed by atoms with Gasteiger partial charge in [0.1, 0.15) is 0 Å². The third-order valence-corrected chi connectivity index (χ3v) is 10.4. The molecule has 228 valence electrons. The van der Waals surface area contributed by atoms with Crippen LogP contribution in [0.4, 0.5) is 0 Å². The summed E-state index contributed by atoms with van der Waals surface area (Å²) in [5.41, 5.74) is 7.75. The molecule has 2 nitrogen and oxygen atoms in total. The second-order valence-corrected chi connectivity index (χ2v) is 18.1. The van der Waals surface area contributed by atoms with E-state index in [1.807, 2.05) is 0 Å².